The molecule has 0 aromatic heterocycles. The van der Waals surface area contributed by atoms with Gasteiger partial charge in [-0.15, -0.1) is 0 Å². The largest absolute Gasteiger partial charge is 0.409 e. The zero-order chi connectivity index (χ0) is 14.4. The highest BCUT2D eigenvalue weighted by molar-refractivity contribution is 9.10. The van der Waals surface area contributed by atoms with Crippen molar-refractivity contribution in [2.24, 2.45) is 10.9 Å². The second kappa shape index (κ2) is 7.08. The monoisotopic (exact) mass is 331 g/mol. The van der Waals surface area contributed by atoms with Crippen LogP contribution in [0, 0.1) is 5.82 Å². The van der Waals surface area contributed by atoms with Crippen molar-refractivity contribution in [3.63, 3.8) is 0 Å². The molecule has 0 unspecified atom stereocenters. The average molecular weight is 332 g/mol. The number of carbonyl (C=O) groups excluding carboxylic acids is 1. The van der Waals surface area contributed by atoms with E-state index in [-0.39, 0.29) is 23.7 Å². The molecule has 0 aliphatic carbocycles. The molecule has 19 heavy (non-hydrogen) atoms. The number of halogens is 2. The van der Waals surface area contributed by atoms with E-state index in [1.807, 2.05) is 0 Å². The molecule has 0 radical (unpaired) electrons. The lowest BCUT2D eigenvalue weighted by Gasteiger charge is -2.21. The van der Waals surface area contributed by atoms with Gasteiger partial charge in [-0.1, -0.05) is 5.16 Å². The molecule has 5 nitrogen and oxygen atoms in total. The topological polar surface area (TPSA) is 78.9 Å². The molecule has 0 aliphatic rings. The molecule has 0 heterocycles. The molecule has 1 aromatic rings. The van der Waals surface area contributed by atoms with Crippen LogP contribution in [0.25, 0.3) is 0 Å². The van der Waals surface area contributed by atoms with Gasteiger partial charge in [0.05, 0.1) is 5.56 Å². The zero-order valence-electron chi connectivity index (χ0n) is 10.4. The molecule has 1 amide bonds. The highest BCUT2D eigenvalue weighted by atomic mass is 79.9. The van der Waals surface area contributed by atoms with Crippen molar-refractivity contribution in [2.45, 2.75) is 13.3 Å². The van der Waals surface area contributed by atoms with Gasteiger partial charge in [-0.05, 0) is 41.1 Å². The molecule has 0 aliphatic heterocycles. The molecule has 0 spiro atoms. The normalized spacial score (nSPS) is 11.4. The molecule has 3 N–H and O–H groups in total. The molecule has 0 atom stereocenters. The van der Waals surface area contributed by atoms with E-state index in [1.165, 1.54) is 23.1 Å². The van der Waals surface area contributed by atoms with Crippen LogP contribution in [-0.4, -0.2) is 34.9 Å². The van der Waals surface area contributed by atoms with Crippen LogP contribution in [0.15, 0.2) is 27.8 Å². The van der Waals surface area contributed by atoms with Gasteiger partial charge in [0.2, 0.25) is 0 Å². The zero-order valence-corrected chi connectivity index (χ0v) is 12.0. The third-order valence-corrected chi connectivity index (χ3v) is 3.29. The minimum atomic E-state index is -0.473. The lowest BCUT2D eigenvalue weighted by atomic mass is 10.2. The molecule has 104 valence electrons. The Balaban J connectivity index is 2.86. The quantitative estimate of drug-likeness (QED) is 0.375. The van der Waals surface area contributed by atoms with Crippen molar-refractivity contribution in [3.05, 3.63) is 34.1 Å². The van der Waals surface area contributed by atoms with E-state index in [1.54, 1.807) is 6.92 Å². The molecule has 7 heteroatoms. The van der Waals surface area contributed by atoms with Crippen LogP contribution >= 0.6 is 15.9 Å². The fraction of sp³-hybridized carbons (Fsp3) is 0.333. The van der Waals surface area contributed by atoms with E-state index in [9.17, 15) is 9.18 Å². The highest BCUT2D eigenvalue weighted by Crippen LogP contribution is 2.19. The van der Waals surface area contributed by atoms with E-state index in [0.717, 1.165) is 0 Å². The van der Waals surface area contributed by atoms with E-state index in [4.69, 9.17) is 10.9 Å². The minimum Gasteiger partial charge on any atom is -0.409 e. The number of carbonyl (C=O) groups is 1. The lowest BCUT2D eigenvalue weighted by Crippen LogP contribution is -2.34. The van der Waals surface area contributed by atoms with Gasteiger partial charge in [0.25, 0.3) is 5.91 Å². The van der Waals surface area contributed by atoms with Gasteiger partial charge in [0.1, 0.15) is 11.7 Å². The molecule has 1 rings (SSSR count). The summed E-state index contributed by atoms with van der Waals surface area (Å²) < 4.78 is 13.7. The van der Waals surface area contributed by atoms with Crippen molar-refractivity contribution in [1.29, 1.82) is 0 Å². The first-order valence-electron chi connectivity index (χ1n) is 5.70. The van der Waals surface area contributed by atoms with Crippen molar-refractivity contribution in [1.82, 2.24) is 4.90 Å². The van der Waals surface area contributed by atoms with Crippen LogP contribution in [-0.2, 0) is 0 Å². The summed E-state index contributed by atoms with van der Waals surface area (Å²) in [6.07, 6.45) is 0.253. The van der Waals surface area contributed by atoms with Crippen molar-refractivity contribution in [2.75, 3.05) is 13.1 Å². The number of hydrogen-bond donors (Lipinski definition) is 2. The molecular formula is C12H15BrFN3O2. The Morgan fingerprint density at radius 1 is 1.58 bits per heavy atom. The first-order chi connectivity index (χ1) is 8.99. The summed E-state index contributed by atoms with van der Waals surface area (Å²) in [4.78, 5) is 13.7. The summed E-state index contributed by atoms with van der Waals surface area (Å²) in [5, 5.41) is 11.3. The number of benzene rings is 1. The highest BCUT2D eigenvalue weighted by Gasteiger charge is 2.17. The molecular weight excluding hydrogens is 317 g/mol. The van der Waals surface area contributed by atoms with Gasteiger partial charge < -0.3 is 15.8 Å². The summed E-state index contributed by atoms with van der Waals surface area (Å²) in [6.45, 7) is 2.55. The van der Waals surface area contributed by atoms with Crippen LogP contribution in [0.1, 0.15) is 23.7 Å². The second-order valence-corrected chi connectivity index (χ2v) is 4.70. The number of amidine groups is 1. The Kier molecular flexibility index (Phi) is 5.75. The Morgan fingerprint density at radius 3 is 2.84 bits per heavy atom. The Labute approximate surface area is 119 Å². The van der Waals surface area contributed by atoms with Crippen LogP contribution in [0.5, 0.6) is 0 Å². The third-order valence-electron chi connectivity index (χ3n) is 2.59. The molecule has 0 fully saturated rings. The van der Waals surface area contributed by atoms with Crippen LogP contribution in [0.4, 0.5) is 4.39 Å². The van der Waals surface area contributed by atoms with E-state index in [2.05, 4.69) is 21.1 Å². The minimum absolute atomic E-state index is 0.0459. The lowest BCUT2D eigenvalue weighted by molar-refractivity contribution is 0.0767. The summed E-state index contributed by atoms with van der Waals surface area (Å²) in [5.41, 5.74) is 5.61. The predicted molar refractivity (Wildman–Crippen MR) is 73.7 cm³/mol. The summed E-state index contributed by atoms with van der Waals surface area (Å²) in [6, 6.07) is 3.94. The maximum absolute atomic E-state index is 13.2. The average Bonchev–Trinajstić information content (AvgIpc) is 2.41. The second-order valence-electron chi connectivity index (χ2n) is 3.85. The number of nitrogens with zero attached hydrogens (tertiary/aromatic N) is 2. The SMILES string of the molecule is CCN(CCC(N)=NO)C(=O)c1cc(F)ccc1Br. The number of nitrogens with two attached hydrogens (primary N) is 1. The van der Waals surface area contributed by atoms with Crippen molar-refractivity contribution < 1.29 is 14.4 Å². The maximum atomic E-state index is 13.2. The fourth-order valence-electron chi connectivity index (χ4n) is 1.53. The molecule has 0 saturated carbocycles. The van der Waals surface area contributed by atoms with E-state index in [0.29, 0.717) is 17.6 Å². The Morgan fingerprint density at radius 2 is 2.26 bits per heavy atom. The summed E-state index contributed by atoms with van der Waals surface area (Å²) in [7, 11) is 0. The van der Waals surface area contributed by atoms with E-state index >= 15 is 0 Å². The maximum Gasteiger partial charge on any atom is 0.255 e. The Bertz CT molecular complexity index is 494. The third kappa shape index (κ3) is 4.20. The van der Waals surface area contributed by atoms with Crippen LogP contribution in [0.2, 0.25) is 0 Å². The molecule has 1 aromatic carbocycles. The van der Waals surface area contributed by atoms with Gasteiger partial charge in [-0.25, -0.2) is 4.39 Å². The first-order valence-corrected chi connectivity index (χ1v) is 6.49. The standard InChI is InChI=1S/C12H15BrFN3O2/c1-2-17(6-5-11(15)16-19)12(18)9-7-8(14)3-4-10(9)13/h3-4,7,19H,2,5-6H2,1H3,(H2,15,16). The molecule has 0 bridgehead atoms. The number of rotatable bonds is 5. The number of amides is 1. The van der Waals surface area contributed by atoms with Gasteiger partial charge in [-0.2, -0.15) is 0 Å². The van der Waals surface area contributed by atoms with Gasteiger partial charge in [0, 0.05) is 24.0 Å². The number of oxime groups is 1. The van der Waals surface area contributed by atoms with Gasteiger partial charge in [-0.3, -0.25) is 4.79 Å². The predicted octanol–water partition coefficient (Wildman–Crippen LogP) is 2.19. The first kappa shape index (κ1) is 15.4. The van der Waals surface area contributed by atoms with Crippen molar-refractivity contribution in [3.8, 4) is 0 Å². The van der Waals surface area contributed by atoms with Gasteiger partial charge >= 0.3 is 0 Å². The van der Waals surface area contributed by atoms with E-state index < -0.39 is 5.82 Å². The fourth-order valence-corrected chi connectivity index (χ4v) is 1.95. The van der Waals surface area contributed by atoms with Crippen LogP contribution < -0.4 is 5.73 Å². The summed E-state index contributed by atoms with van der Waals surface area (Å²) >= 11 is 3.22. The van der Waals surface area contributed by atoms with Crippen molar-refractivity contribution >= 4 is 27.7 Å². The Hall–Kier alpha value is -1.63. The smallest absolute Gasteiger partial charge is 0.255 e. The van der Waals surface area contributed by atoms with Gasteiger partial charge in [0.15, 0.2) is 0 Å². The number of hydrogen-bond acceptors (Lipinski definition) is 3. The van der Waals surface area contributed by atoms with Crippen LogP contribution in [0.3, 0.4) is 0 Å². The molecule has 0 saturated heterocycles. The summed E-state index contributed by atoms with van der Waals surface area (Å²) in [5.74, 6) is -0.733.